The molecule has 0 radical (unpaired) electrons. The van der Waals surface area contributed by atoms with Gasteiger partial charge >= 0.3 is 6.03 Å². The molecule has 5 amide bonds. The lowest BCUT2D eigenvalue weighted by atomic mass is 9.92. The number of hydrogen-bond donors (Lipinski definition) is 3. The quantitative estimate of drug-likeness (QED) is 0.664. The molecule has 2 aliphatic rings. The van der Waals surface area contributed by atoms with Crippen molar-refractivity contribution < 1.29 is 19.2 Å². The maximum Gasteiger partial charge on any atom is 0.322 e. The molecule has 0 spiro atoms. The summed E-state index contributed by atoms with van der Waals surface area (Å²) in [5.41, 5.74) is 1.70. The lowest BCUT2D eigenvalue weighted by molar-refractivity contribution is -0.129. The van der Waals surface area contributed by atoms with Gasteiger partial charge in [-0.05, 0) is 41.8 Å². The van der Waals surface area contributed by atoms with Crippen LogP contribution in [0, 0.1) is 0 Å². The molecule has 0 saturated carbocycles. The number of imide groups is 1. The van der Waals surface area contributed by atoms with Gasteiger partial charge in [0.15, 0.2) is 0 Å². The molecule has 4 rings (SSSR count). The number of amides is 5. The number of carbonyl (C=O) groups excluding carboxylic acids is 4. The smallest absolute Gasteiger partial charge is 0.322 e. The van der Waals surface area contributed by atoms with Crippen LogP contribution in [0.25, 0.3) is 6.08 Å². The van der Waals surface area contributed by atoms with E-state index in [0.717, 1.165) is 11.1 Å². The molecule has 2 aromatic carbocycles. The standard InChI is InChI=1S/C23H22N4O4/c1-14(28)27-11-10-15-6-3-4-9-18(15)19(27)13-20(29)24-17-8-5-7-16(12-17)23(2)21(30)25-22(31)26-23/h3-12,19H,13H2,1-2H3,(H,24,29)(H2,25,26,30,31)/t19-,23+/m0/s1. The fourth-order valence-electron chi connectivity index (χ4n) is 3.96. The topological polar surface area (TPSA) is 108 Å². The van der Waals surface area contributed by atoms with Gasteiger partial charge in [0, 0.05) is 18.8 Å². The maximum atomic E-state index is 12.9. The summed E-state index contributed by atoms with van der Waals surface area (Å²) in [4.78, 5) is 50.3. The fraction of sp³-hybridized carbons (Fsp3) is 0.217. The monoisotopic (exact) mass is 418 g/mol. The minimum absolute atomic E-state index is 0.0691. The molecular weight excluding hydrogens is 396 g/mol. The number of carbonyl (C=O) groups is 4. The zero-order valence-electron chi connectivity index (χ0n) is 17.1. The number of nitrogens with one attached hydrogen (secondary N) is 3. The number of anilines is 1. The first-order chi connectivity index (χ1) is 14.8. The SMILES string of the molecule is CC(=O)N1C=Cc2ccccc2[C@@H]1CC(=O)Nc1cccc([C@@]2(C)NC(=O)NC2=O)c1. The molecule has 158 valence electrons. The molecule has 1 saturated heterocycles. The predicted octanol–water partition coefficient (Wildman–Crippen LogP) is 2.64. The minimum atomic E-state index is -1.21. The molecule has 2 aliphatic heterocycles. The van der Waals surface area contributed by atoms with Crippen molar-refractivity contribution in [1.82, 2.24) is 15.5 Å². The van der Waals surface area contributed by atoms with Crippen LogP contribution in [0.4, 0.5) is 10.5 Å². The highest BCUT2D eigenvalue weighted by Crippen LogP contribution is 2.33. The molecular formula is C23H22N4O4. The molecule has 0 aliphatic carbocycles. The number of rotatable bonds is 4. The Kier molecular flexibility index (Phi) is 5.06. The van der Waals surface area contributed by atoms with Gasteiger partial charge in [0.25, 0.3) is 5.91 Å². The van der Waals surface area contributed by atoms with E-state index in [1.807, 2.05) is 30.3 Å². The van der Waals surface area contributed by atoms with Gasteiger partial charge in [-0.15, -0.1) is 0 Å². The Morgan fingerprint density at radius 3 is 2.61 bits per heavy atom. The van der Waals surface area contributed by atoms with E-state index < -0.39 is 23.5 Å². The largest absolute Gasteiger partial charge is 0.326 e. The molecule has 2 aromatic rings. The second kappa shape index (κ2) is 7.71. The van der Waals surface area contributed by atoms with Gasteiger partial charge in [0.05, 0.1) is 12.5 Å². The molecule has 2 heterocycles. The van der Waals surface area contributed by atoms with Crippen molar-refractivity contribution in [2.75, 3.05) is 5.32 Å². The van der Waals surface area contributed by atoms with Gasteiger partial charge in [-0.1, -0.05) is 36.4 Å². The summed E-state index contributed by atoms with van der Waals surface area (Å²) in [7, 11) is 0. The van der Waals surface area contributed by atoms with Crippen molar-refractivity contribution in [2.24, 2.45) is 0 Å². The lowest BCUT2D eigenvalue weighted by Gasteiger charge is -2.32. The summed E-state index contributed by atoms with van der Waals surface area (Å²) in [5.74, 6) is -0.881. The summed E-state index contributed by atoms with van der Waals surface area (Å²) in [6, 6.07) is 13.4. The van der Waals surface area contributed by atoms with Crippen LogP contribution < -0.4 is 16.0 Å². The van der Waals surface area contributed by atoms with Gasteiger partial charge in [-0.3, -0.25) is 19.7 Å². The molecule has 31 heavy (non-hydrogen) atoms. The second-order valence-corrected chi connectivity index (χ2v) is 7.75. The first-order valence-electron chi connectivity index (χ1n) is 9.88. The normalized spacial score (nSPS) is 21.9. The van der Waals surface area contributed by atoms with Crippen LogP contribution in [-0.4, -0.2) is 28.7 Å². The number of urea groups is 1. The van der Waals surface area contributed by atoms with E-state index in [4.69, 9.17) is 0 Å². The van der Waals surface area contributed by atoms with Crippen LogP contribution in [0.15, 0.2) is 54.7 Å². The van der Waals surface area contributed by atoms with Gasteiger partial charge in [0.1, 0.15) is 5.54 Å². The summed E-state index contributed by atoms with van der Waals surface area (Å²) >= 11 is 0. The molecule has 1 fully saturated rings. The van der Waals surface area contributed by atoms with Crippen LogP contribution in [0.1, 0.15) is 43.0 Å². The van der Waals surface area contributed by atoms with E-state index in [2.05, 4.69) is 16.0 Å². The first-order valence-corrected chi connectivity index (χ1v) is 9.88. The number of benzene rings is 2. The average Bonchev–Trinajstić information content (AvgIpc) is 3.00. The van der Waals surface area contributed by atoms with Crippen LogP contribution >= 0.6 is 0 Å². The maximum absolute atomic E-state index is 12.9. The predicted molar refractivity (Wildman–Crippen MR) is 114 cm³/mol. The van der Waals surface area contributed by atoms with Crippen molar-refractivity contribution in [1.29, 1.82) is 0 Å². The number of hydrogen-bond acceptors (Lipinski definition) is 4. The van der Waals surface area contributed by atoms with Crippen LogP contribution in [-0.2, 0) is 19.9 Å². The van der Waals surface area contributed by atoms with E-state index in [0.29, 0.717) is 11.3 Å². The molecule has 2 atom stereocenters. The number of fused-ring (bicyclic) bond motifs is 1. The van der Waals surface area contributed by atoms with Gasteiger partial charge in [0.2, 0.25) is 11.8 Å². The molecule has 3 N–H and O–H groups in total. The van der Waals surface area contributed by atoms with Gasteiger partial charge < -0.3 is 15.5 Å². The molecule has 0 unspecified atom stereocenters. The third-order valence-corrected chi connectivity index (χ3v) is 5.62. The highest BCUT2D eigenvalue weighted by Gasteiger charge is 2.43. The average molecular weight is 418 g/mol. The third kappa shape index (κ3) is 3.79. The Hall–Kier alpha value is -3.94. The van der Waals surface area contributed by atoms with E-state index in [1.165, 1.54) is 6.92 Å². The van der Waals surface area contributed by atoms with Crippen molar-refractivity contribution >= 4 is 35.5 Å². The van der Waals surface area contributed by atoms with Crippen LogP contribution in [0.3, 0.4) is 0 Å². The zero-order valence-corrected chi connectivity index (χ0v) is 17.1. The Morgan fingerprint density at radius 2 is 1.90 bits per heavy atom. The minimum Gasteiger partial charge on any atom is -0.326 e. The highest BCUT2D eigenvalue weighted by atomic mass is 16.2. The van der Waals surface area contributed by atoms with Crippen LogP contribution in [0.5, 0.6) is 0 Å². The van der Waals surface area contributed by atoms with E-state index in [-0.39, 0.29) is 18.2 Å². The zero-order chi connectivity index (χ0) is 22.2. The summed E-state index contributed by atoms with van der Waals surface area (Å²) in [6.07, 6.45) is 3.63. The van der Waals surface area contributed by atoms with Crippen molar-refractivity contribution in [3.8, 4) is 0 Å². The lowest BCUT2D eigenvalue weighted by Crippen LogP contribution is -2.40. The van der Waals surface area contributed by atoms with E-state index in [1.54, 1.807) is 42.3 Å². The Labute approximate surface area is 179 Å². The summed E-state index contributed by atoms with van der Waals surface area (Å²) in [5, 5.41) is 7.67. The van der Waals surface area contributed by atoms with Gasteiger partial charge in [-0.25, -0.2) is 4.79 Å². The van der Waals surface area contributed by atoms with Gasteiger partial charge in [-0.2, -0.15) is 0 Å². The van der Waals surface area contributed by atoms with Crippen molar-refractivity contribution in [2.45, 2.75) is 31.8 Å². The van der Waals surface area contributed by atoms with E-state index in [9.17, 15) is 19.2 Å². The molecule has 8 heteroatoms. The Balaban J connectivity index is 1.54. The fourth-order valence-corrected chi connectivity index (χ4v) is 3.96. The third-order valence-electron chi connectivity index (χ3n) is 5.62. The highest BCUT2D eigenvalue weighted by molar-refractivity contribution is 6.07. The number of nitrogens with zero attached hydrogens (tertiary/aromatic N) is 1. The Morgan fingerprint density at radius 1 is 1.13 bits per heavy atom. The van der Waals surface area contributed by atoms with Crippen LogP contribution in [0.2, 0.25) is 0 Å². The molecule has 0 aromatic heterocycles. The van der Waals surface area contributed by atoms with Crippen molar-refractivity contribution in [3.05, 3.63) is 71.4 Å². The summed E-state index contributed by atoms with van der Waals surface area (Å²) < 4.78 is 0. The Bertz CT molecular complexity index is 1130. The second-order valence-electron chi connectivity index (χ2n) is 7.75. The van der Waals surface area contributed by atoms with Crippen molar-refractivity contribution in [3.63, 3.8) is 0 Å². The molecule has 0 bridgehead atoms. The molecule has 8 nitrogen and oxygen atoms in total. The summed E-state index contributed by atoms with van der Waals surface area (Å²) in [6.45, 7) is 3.07. The van der Waals surface area contributed by atoms with E-state index >= 15 is 0 Å². The first kappa shape index (κ1) is 20.3.